The van der Waals surface area contributed by atoms with Crippen LogP contribution in [0.2, 0.25) is 5.02 Å². The zero-order valence-corrected chi connectivity index (χ0v) is 12.0. The van der Waals surface area contributed by atoms with E-state index in [1.807, 2.05) is 18.2 Å². The van der Waals surface area contributed by atoms with Gasteiger partial charge in [0.15, 0.2) is 0 Å². The SMILES string of the molecule is CN(Cc1ccccc1Cl)c1ccc(C(F)(F)F)cc1N. The lowest BCUT2D eigenvalue weighted by Gasteiger charge is -2.22. The highest BCUT2D eigenvalue weighted by Gasteiger charge is 2.31. The van der Waals surface area contributed by atoms with Crippen LogP contribution in [-0.2, 0) is 12.7 Å². The van der Waals surface area contributed by atoms with E-state index in [9.17, 15) is 13.2 Å². The summed E-state index contributed by atoms with van der Waals surface area (Å²) in [4.78, 5) is 1.76. The maximum absolute atomic E-state index is 12.6. The van der Waals surface area contributed by atoms with Gasteiger partial charge in [-0.1, -0.05) is 29.8 Å². The number of nitrogens with zero attached hydrogens (tertiary/aromatic N) is 1. The van der Waals surface area contributed by atoms with Crippen molar-refractivity contribution in [1.29, 1.82) is 0 Å². The summed E-state index contributed by atoms with van der Waals surface area (Å²) in [6.07, 6.45) is -4.39. The third-order valence-corrected chi connectivity index (χ3v) is 3.50. The molecule has 0 spiro atoms. The molecular formula is C15H14ClF3N2. The molecule has 6 heteroatoms. The molecule has 2 rings (SSSR count). The third-order valence-electron chi connectivity index (χ3n) is 3.13. The summed E-state index contributed by atoms with van der Waals surface area (Å²) in [6.45, 7) is 0.454. The second-order valence-corrected chi connectivity index (χ2v) is 5.13. The fraction of sp³-hybridized carbons (Fsp3) is 0.200. The second-order valence-electron chi connectivity index (χ2n) is 4.72. The fourth-order valence-electron chi connectivity index (χ4n) is 2.05. The van der Waals surface area contributed by atoms with E-state index in [2.05, 4.69) is 0 Å². The normalized spacial score (nSPS) is 11.5. The van der Waals surface area contributed by atoms with Crippen molar-refractivity contribution in [2.24, 2.45) is 0 Å². The molecule has 0 unspecified atom stereocenters. The predicted octanol–water partition coefficient (Wildman–Crippen LogP) is 4.58. The van der Waals surface area contributed by atoms with Gasteiger partial charge in [-0.3, -0.25) is 0 Å². The van der Waals surface area contributed by atoms with Crippen molar-refractivity contribution in [3.05, 3.63) is 58.6 Å². The van der Waals surface area contributed by atoms with Gasteiger partial charge in [0, 0.05) is 18.6 Å². The molecule has 0 bridgehead atoms. The number of hydrogen-bond donors (Lipinski definition) is 1. The first-order valence-corrected chi connectivity index (χ1v) is 6.58. The lowest BCUT2D eigenvalue weighted by atomic mass is 10.1. The van der Waals surface area contributed by atoms with E-state index in [1.54, 1.807) is 18.0 Å². The molecule has 0 aliphatic rings. The topological polar surface area (TPSA) is 29.3 Å². The minimum Gasteiger partial charge on any atom is -0.397 e. The summed E-state index contributed by atoms with van der Waals surface area (Å²) < 4.78 is 37.8. The first-order valence-electron chi connectivity index (χ1n) is 6.20. The molecule has 0 aliphatic carbocycles. The van der Waals surface area contributed by atoms with E-state index in [0.29, 0.717) is 17.3 Å². The molecular weight excluding hydrogens is 301 g/mol. The minimum atomic E-state index is -4.39. The van der Waals surface area contributed by atoms with Crippen molar-refractivity contribution < 1.29 is 13.2 Å². The van der Waals surface area contributed by atoms with E-state index in [0.717, 1.165) is 17.7 Å². The van der Waals surface area contributed by atoms with Gasteiger partial charge in [-0.2, -0.15) is 13.2 Å². The van der Waals surface area contributed by atoms with E-state index < -0.39 is 11.7 Å². The third kappa shape index (κ3) is 3.61. The zero-order chi connectivity index (χ0) is 15.6. The molecule has 0 aliphatic heterocycles. The largest absolute Gasteiger partial charge is 0.416 e. The molecule has 0 atom stereocenters. The molecule has 0 heterocycles. The number of nitrogens with two attached hydrogens (primary N) is 1. The maximum Gasteiger partial charge on any atom is 0.416 e. The standard InChI is InChI=1S/C15H14ClF3N2/c1-21(9-10-4-2-3-5-12(10)16)14-7-6-11(8-13(14)20)15(17,18)19/h2-8H,9,20H2,1H3. The van der Waals surface area contributed by atoms with Crippen molar-refractivity contribution in [2.45, 2.75) is 12.7 Å². The first kappa shape index (κ1) is 15.5. The van der Waals surface area contributed by atoms with Crippen LogP contribution in [0, 0.1) is 0 Å². The molecule has 0 fully saturated rings. The Balaban J connectivity index is 2.24. The smallest absolute Gasteiger partial charge is 0.397 e. The minimum absolute atomic E-state index is 0.0828. The fourth-order valence-corrected chi connectivity index (χ4v) is 2.24. The Kier molecular flexibility index (Phi) is 4.32. The molecule has 112 valence electrons. The van der Waals surface area contributed by atoms with Gasteiger partial charge in [0.05, 0.1) is 16.9 Å². The van der Waals surface area contributed by atoms with Crippen LogP contribution in [0.4, 0.5) is 24.5 Å². The Labute approximate surface area is 125 Å². The molecule has 21 heavy (non-hydrogen) atoms. The van der Waals surface area contributed by atoms with Gasteiger partial charge in [0.1, 0.15) is 0 Å². The van der Waals surface area contributed by atoms with Crippen LogP contribution >= 0.6 is 11.6 Å². The van der Waals surface area contributed by atoms with Crippen LogP contribution in [-0.4, -0.2) is 7.05 Å². The summed E-state index contributed by atoms with van der Waals surface area (Å²) >= 11 is 6.07. The Morgan fingerprint density at radius 1 is 1.14 bits per heavy atom. The summed E-state index contributed by atoms with van der Waals surface area (Å²) in [7, 11) is 1.75. The van der Waals surface area contributed by atoms with E-state index >= 15 is 0 Å². The van der Waals surface area contributed by atoms with E-state index in [4.69, 9.17) is 17.3 Å². The average Bonchev–Trinajstić information content (AvgIpc) is 2.40. The van der Waals surface area contributed by atoms with Crippen molar-refractivity contribution in [3.8, 4) is 0 Å². The van der Waals surface area contributed by atoms with Crippen molar-refractivity contribution in [1.82, 2.24) is 0 Å². The molecule has 2 aromatic rings. The monoisotopic (exact) mass is 314 g/mol. The number of alkyl halides is 3. The highest BCUT2D eigenvalue weighted by atomic mass is 35.5. The van der Waals surface area contributed by atoms with Crippen LogP contribution in [0.1, 0.15) is 11.1 Å². The predicted molar refractivity (Wildman–Crippen MR) is 79.4 cm³/mol. The molecule has 0 amide bonds. The van der Waals surface area contributed by atoms with Gasteiger partial charge in [0.25, 0.3) is 0 Å². The van der Waals surface area contributed by atoms with E-state index in [1.165, 1.54) is 6.07 Å². The number of nitrogen functional groups attached to an aromatic ring is 1. The Morgan fingerprint density at radius 2 is 1.81 bits per heavy atom. The zero-order valence-electron chi connectivity index (χ0n) is 11.3. The molecule has 0 aromatic heterocycles. The van der Waals surface area contributed by atoms with Gasteiger partial charge in [-0.25, -0.2) is 0 Å². The molecule has 0 radical (unpaired) electrons. The van der Waals surface area contributed by atoms with Crippen molar-refractivity contribution in [2.75, 3.05) is 17.7 Å². The van der Waals surface area contributed by atoms with Gasteiger partial charge >= 0.3 is 6.18 Å². The summed E-state index contributed by atoms with van der Waals surface area (Å²) in [5.74, 6) is 0. The summed E-state index contributed by atoms with van der Waals surface area (Å²) in [6, 6.07) is 10.6. The van der Waals surface area contributed by atoms with Gasteiger partial charge in [-0.05, 0) is 29.8 Å². The first-order chi connectivity index (χ1) is 9.79. The molecule has 2 N–H and O–H groups in total. The van der Waals surface area contributed by atoms with Crippen molar-refractivity contribution >= 4 is 23.0 Å². The Morgan fingerprint density at radius 3 is 2.38 bits per heavy atom. The summed E-state index contributed by atoms with van der Waals surface area (Å²) in [5, 5.41) is 0.606. The van der Waals surface area contributed by atoms with Crippen LogP contribution in [0.25, 0.3) is 0 Å². The average molecular weight is 315 g/mol. The Bertz CT molecular complexity index is 641. The molecule has 2 nitrogen and oxygen atoms in total. The summed E-state index contributed by atoms with van der Waals surface area (Å²) in [5.41, 5.74) is 6.47. The number of hydrogen-bond acceptors (Lipinski definition) is 2. The van der Waals surface area contributed by atoms with Crippen molar-refractivity contribution in [3.63, 3.8) is 0 Å². The van der Waals surface area contributed by atoms with Crippen LogP contribution in [0.15, 0.2) is 42.5 Å². The molecule has 0 saturated heterocycles. The number of halogens is 4. The Hall–Kier alpha value is -1.88. The molecule has 0 saturated carbocycles. The highest BCUT2D eigenvalue weighted by Crippen LogP contribution is 2.34. The highest BCUT2D eigenvalue weighted by molar-refractivity contribution is 6.31. The van der Waals surface area contributed by atoms with E-state index in [-0.39, 0.29) is 5.69 Å². The van der Waals surface area contributed by atoms with Gasteiger partial charge in [-0.15, -0.1) is 0 Å². The molecule has 2 aromatic carbocycles. The van der Waals surface area contributed by atoms with Crippen LogP contribution < -0.4 is 10.6 Å². The number of anilines is 2. The lowest BCUT2D eigenvalue weighted by molar-refractivity contribution is -0.137. The van der Waals surface area contributed by atoms with Gasteiger partial charge in [0.2, 0.25) is 0 Å². The quantitative estimate of drug-likeness (QED) is 0.840. The number of rotatable bonds is 3. The lowest BCUT2D eigenvalue weighted by Crippen LogP contribution is -2.18. The van der Waals surface area contributed by atoms with Gasteiger partial charge < -0.3 is 10.6 Å². The number of benzene rings is 2. The maximum atomic E-state index is 12.6. The van der Waals surface area contributed by atoms with Crippen LogP contribution in [0.3, 0.4) is 0 Å². The van der Waals surface area contributed by atoms with Crippen LogP contribution in [0.5, 0.6) is 0 Å². The second kappa shape index (κ2) is 5.85.